The number of rotatable bonds is 10. The maximum absolute atomic E-state index is 13.5. The standard InChI is InChI=1S/C24H32N4O6S2/c1-2-7-16(25)20(30)22(32)28(21(31)17-12-24(14-26-17)35-10-6-11-36-24)13-18(29)27-19(23(33)34)15-8-4-3-5-9-15/h3-5,8-9,16-17,19,26H,2,6-7,10-14,25H2,1H3,(H,27,29)(H,33,34). The van der Waals surface area contributed by atoms with Crippen molar-refractivity contribution in [2.24, 2.45) is 5.73 Å². The fraction of sp³-hybridized carbons (Fsp3) is 0.542. The molecule has 12 heteroatoms. The first-order valence-corrected chi connectivity index (χ1v) is 13.9. The zero-order valence-electron chi connectivity index (χ0n) is 20.1. The molecule has 3 amide bonds. The summed E-state index contributed by atoms with van der Waals surface area (Å²) in [4.78, 5) is 64.5. The Labute approximate surface area is 218 Å². The fourth-order valence-corrected chi connectivity index (χ4v) is 7.48. The number of nitrogens with two attached hydrogens (primary N) is 1. The molecule has 0 radical (unpaired) electrons. The summed E-state index contributed by atoms with van der Waals surface area (Å²) in [5.41, 5.74) is 6.18. The summed E-state index contributed by atoms with van der Waals surface area (Å²) in [6.45, 7) is 1.58. The van der Waals surface area contributed by atoms with Crippen molar-refractivity contribution in [2.45, 2.75) is 54.8 Å². The smallest absolute Gasteiger partial charge is 0.330 e. The molecule has 1 aromatic rings. The van der Waals surface area contributed by atoms with Crippen molar-refractivity contribution in [1.82, 2.24) is 15.5 Å². The van der Waals surface area contributed by atoms with E-state index in [1.54, 1.807) is 53.9 Å². The molecule has 2 saturated heterocycles. The van der Waals surface area contributed by atoms with Crippen LogP contribution in [0.5, 0.6) is 0 Å². The van der Waals surface area contributed by atoms with E-state index < -0.39 is 54.1 Å². The highest BCUT2D eigenvalue weighted by Gasteiger charge is 2.46. The number of aliphatic carboxylic acids is 1. The molecule has 0 bridgehead atoms. The number of nitrogens with one attached hydrogen (secondary N) is 2. The highest BCUT2D eigenvalue weighted by Crippen LogP contribution is 2.47. The maximum Gasteiger partial charge on any atom is 0.330 e. The largest absolute Gasteiger partial charge is 0.479 e. The van der Waals surface area contributed by atoms with Crippen LogP contribution >= 0.6 is 23.5 Å². The Morgan fingerprint density at radius 2 is 1.86 bits per heavy atom. The third-order valence-electron chi connectivity index (χ3n) is 6.10. The minimum atomic E-state index is -1.38. The Balaban J connectivity index is 1.78. The maximum atomic E-state index is 13.5. The van der Waals surface area contributed by atoms with Gasteiger partial charge in [-0.05, 0) is 36.3 Å². The van der Waals surface area contributed by atoms with E-state index >= 15 is 0 Å². The first-order valence-electron chi connectivity index (χ1n) is 11.9. The molecule has 1 spiro atoms. The molecular weight excluding hydrogens is 504 g/mol. The fourth-order valence-electron chi connectivity index (χ4n) is 4.20. The topological polar surface area (TPSA) is 159 Å². The molecule has 2 fully saturated rings. The van der Waals surface area contributed by atoms with Gasteiger partial charge in [-0.2, -0.15) is 0 Å². The molecule has 2 aliphatic heterocycles. The number of carboxylic acid groups (broad SMARTS) is 1. The zero-order valence-corrected chi connectivity index (χ0v) is 21.7. The summed E-state index contributed by atoms with van der Waals surface area (Å²) >= 11 is 3.54. The number of imide groups is 1. The van der Waals surface area contributed by atoms with E-state index in [1.165, 1.54) is 0 Å². The van der Waals surface area contributed by atoms with Crippen LogP contribution in [0.25, 0.3) is 0 Å². The highest BCUT2D eigenvalue weighted by atomic mass is 32.2. The molecule has 36 heavy (non-hydrogen) atoms. The van der Waals surface area contributed by atoms with Crippen LogP contribution in [0.4, 0.5) is 0 Å². The molecule has 0 saturated carbocycles. The Morgan fingerprint density at radius 3 is 2.47 bits per heavy atom. The van der Waals surface area contributed by atoms with Gasteiger partial charge in [0.25, 0.3) is 5.91 Å². The number of carboxylic acids is 1. The van der Waals surface area contributed by atoms with E-state index in [-0.39, 0.29) is 10.5 Å². The van der Waals surface area contributed by atoms with Crippen LogP contribution in [-0.2, 0) is 24.0 Å². The molecule has 3 rings (SSSR count). The van der Waals surface area contributed by atoms with E-state index in [4.69, 9.17) is 5.73 Å². The summed E-state index contributed by atoms with van der Waals surface area (Å²) in [5, 5.41) is 15.1. The van der Waals surface area contributed by atoms with E-state index in [2.05, 4.69) is 10.6 Å². The third kappa shape index (κ3) is 6.87. The van der Waals surface area contributed by atoms with Crippen LogP contribution < -0.4 is 16.4 Å². The van der Waals surface area contributed by atoms with Gasteiger partial charge >= 0.3 is 5.97 Å². The Kier molecular flexibility index (Phi) is 9.94. The van der Waals surface area contributed by atoms with Gasteiger partial charge in [-0.1, -0.05) is 43.7 Å². The minimum absolute atomic E-state index is 0.195. The summed E-state index contributed by atoms with van der Waals surface area (Å²) < 4.78 is -0.195. The molecule has 0 aliphatic carbocycles. The number of amides is 3. The second kappa shape index (κ2) is 12.7. The number of nitrogens with zero attached hydrogens (tertiary/aromatic N) is 1. The molecule has 0 aromatic heterocycles. The number of benzene rings is 1. The molecule has 5 N–H and O–H groups in total. The SMILES string of the molecule is CCCC(N)C(=O)C(=O)N(CC(=O)NC(C(=O)O)c1ccccc1)C(=O)C1CC2(CN1)SCCCS2. The predicted octanol–water partition coefficient (Wildman–Crippen LogP) is 0.909. The minimum Gasteiger partial charge on any atom is -0.479 e. The van der Waals surface area contributed by atoms with Crippen LogP contribution in [0, 0.1) is 0 Å². The number of ketones is 1. The number of carbonyl (C=O) groups excluding carboxylic acids is 4. The number of Topliss-reactive ketones (excluding diaryl/α,β-unsaturated/α-hetero) is 1. The Bertz CT molecular complexity index is 986. The van der Waals surface area contributed by atoms with Gasteiger partial charge in [0, 0.05) is 6.54 Å². The van der Waals surface area contributed by atoms with E-state index in [0.29, 0.717) is 29.8 Å². The number of thioether (sulfide) groups is 2. The van der Waals surface area contributed by atoms with Crippen molar-refractivity contribution in [1.29, 1.82) is 0 Å². The van der Waals surface area contributed by atoms with Gasteiger partial charge in [0.1, 0.15) is 6.54 Å². The van der Waals surface area contributed by atoms with E-state index in [0.717, 1.165) is 17.9 Å². The van der Waals surface area contributed by atoms with Crippen molar-refractivity contribution >= 4 is 53.0 Å². The molecule has 196 valence electrons. The lowest BCUT2D eigenvalue weighted by Crippen LogP contribution is -2.55. The van der Waals surface area contributed by atoms with Gasteiger partial charge in [-0.3, -0.25) is 24.1 Å². The van der Waals surface area contributed by atoms with Crippen LogP contribution in [0.15, 0.2) is 30.3 Å². The summed E-state index contributed by atoms with van der Waals surface area (Å²) in [6.07, 6.45) is 2.35. The van der Waals surface area contributed by atoms with Gasteiger partial charge in [0.2, 0.25) is 17.6 Å². The zero-order chi connectivity index (χ0) is 26.3. The van der Waals surface area contributed by atoms with E-state index in [1.807, 2.05) is 6.92 Å². The number of hydrogen-bond donors (Lipinski definition) is 4. The number of carbonyl (C=O) groups is 5. The monoisotopic (exact) mass is 536 g/mol. The molecule has 2 heterocycles. The van der Waals surface area contributed by atoms with Gasteiger partial charge in [-0.25, -0.2) is 4.79 Å². The summed E-state index contributed by atoms with van der Waals surface area (Å²) in [7, 11) is 0. The Morgan fingerprint density at radius 1 is 1.19 bits per heavy atom. The first kappa shape index (κ1) is 28.2. The summed E-state index contributed by atoms with van der Waals surface area (Å²) in [5.74, 6) is -3.03. The normalized spacial score (nSPS) is 20.3. The molecule has 3 atom stereocenters. The highest BCUT2D eigenvalue weighted by molar-refractivity contribution is 8.18. The molecule has 2 aliphatic rings. The van der Waals surface area contributed by atoms with Crippen molar-refractivity contribution < 1.29 is 29.1 Å². The van der Waals surface area contributed by atoms with Gasteiger partial charge in [-0.15, -0.1) is 23.5 Å². The van der Waals surface area contributed by atoms with Crippen molar-refractivity contribution in [2.75, 3.05) is 24.6 Å². The van der Waals surface area contributed by atoms with Crippen molar-refractivity contribution in [3.63, 3.8) is 0 Å². The van der Waals surface area contributed by atoms with Crippen LogP contribution in [0.3, 0.4) is 0 Å². The Hall–Kier alpha value is -2.41. The lowest BCUT2D eigenvalue weighted by molar-refractivity contribution is -0.155. The van der Waals surface area contributed by atoms with Crippen LogP contribution in [0.1, 0.15) is 44.2 Å². The van der Waals surface area contributed by atoms with Crippen molar-refractivity contribution in [3.8, 4) is 0 Å². The molecule has 3 unspecified atom stereocenters. The average molecular weight is 537 g/mol. The summed E-state index contributed by atoms with van der Waals surface area (Å²) in [6, 6.07) is 4.83. The first-order chi connectivity index (χ1) is 17.2. The lowest BCUT2D eigenvalue weighted by Gasteiger charge is -2.31. The van der Waals surface area contributed by atoms with Gasteiger partial charge in [0.15, 0.2) is 6.04 Å². The lowest BCUT2D eigenvalue weighted by atomic mass is 10.1. The molecular formula is C24H32N4O6S2. The van der Waals surface area contributed by atoms with Crippen LogP contribution in [-0.4, -0.2) is 80.2 Å². The van der Waals surface area contributed by atoms with Gasteiger partial charge in [0.05, 0.1) is 16.2 Å². The van der Waals surface area contributed by atoms with Crippen molar-refractivity contribution in [3.05, 3.63) is 35.9 Å². The second-order valence-electron chi connectivity index (χ2n) is 8.84. The van der Waals surface area contributed by atoms with Crippen LogP contribution in [0.2, 0.25) is 0 Å². The second-order valence-corrected chi connectivity index (χ2v) is 12.1. The quantitative estimate of drug-likeness (QED) is 0.317. The van der Waals surface area contributed by atoms with Gasteiger partial charge < -0.3 is 21.5 Å². The average Bonchev–Trinajstić information content (AvgIpc) is 3.28. The molecule has 10 nitrogen and oxygen atoms in total. The predicted molar refractivity (Wildman–Crippen MR) is 138 cm³/mol. The number of hydrogen-bond acceptors (Lipinski definition) is 9. The molecule has 1 aromatic carbocycles. The van der Waals surface area contributed by atoms with E-state index in [9.17, 15) is 29.1 Å². The third-order valence-corrected chi connectivity index (χ3v) is 9.46.